The molecular formula is C8H10O5. The molecule has 13 heavy (non-hydrogen) atoms. The summed E-state index contributed by atoms with van der Waals surface area (Å²) in [4.78, 5) is 32.3. The second kappa shape index (κ2) is 3.16. The van der Waals surface area contributed by atoms with Gasteiger partial charge in [0.15, 0.2) is 0 Å². The molecule has 0 saturated heterocycles. The molecule has 3 atom stereocenters. The van der Waals surface area contributed by atoms with E-state index in [4.69, 9.17) is 10.2 Å². The van der Waals surface area contributed by atoms with Crippen LogP contribution in [0.2, 0.25) is 0 Å². The van der Waals surface area contributed by atoms with E-state index in [2.05, 4.69) is 0 Å². The first kappa shape index (κ1) is 9.70. The Hall–Kier alpha value is -1.39. The number of hydrogen-bond donors (Lipinski definition) is 2. The summed E-state index contributed by atoms with van der Waals surface area (Å²) in [6.45, 7) is 1.46. The second-order valence-corrected chi connectivity index (χ2v) is 3.27. The van der Waals surface area contributed by atoms with Gasteiger partial charge in [0.2, 0.25) is 0 Å². The molecule has 0 spiro atoms. The molecule has 72 valence electrons. The molecule has 0 radical (unpaired) electrons. The van der Waals surface area contributed by atoms with Gasteiger partial charge in [-0.05, 0) is 0 Å². The van der Waals surface area contributed by atoms with Gasteiger partial charge in [0.05, 0.1) is 11.8 Å². The van der Waals surface area contributed by atoms with Crippen molar-refractivity contribution >= 4 is 17.7 Å². The molecule has 1 saturated carbocycles. The minimum Gasteiger partial charge on any atom is -0.481 e. The van der Waals surface area contributed by atoms with Crippen LogP contribution >= 0.6 is 0 Å². The van der Waals surface area contributed by atoms with Crippen LogP contribution in [0, 0.1) is 17.8 Å². The molecule has 5 nitrogen and oxygen atoms in total. The second-order valence-electron chi connectivity index (χ2n) is 3.27. The minimum atomic E-state index is -1.20. The number of carbonyl (C=O) groups excluding carboxylic acids is 1. The molecule has 2 N–H and O–H groups in total. The van der Waals surface area contributed by atoms with Gasteiger partial charge in [0.1, 0.15) is 5.78 Å². The van der Waals surface area contributed by atoms with E-state index in [-0.39, 0.29) is 12.2 Å². The van der Waals surface area contributed by atoms with Crippen molar-refractivity contribution in [2.75, 3.05) is 0 Å². The van der Waals surface area contributed by atoms with Crippen LogP contribution in [0.3, 0.4) is 0 Å². The summed E-state index contributed by atoms with van der Waals surface area (Å²) >= 11 is 0. The summed E-state index contributed by atoms with van der Waals surface area (Å²) in [5.41, 5.74) is 0. The lowest BCUT2D eigenvalue weighted by atomic mass is 9.91. The van der Waals surface area contributed by atoms with Gasteiger partial charge < -0.3 is 10.2 Å². The van der Waals surface area contributed by atoms with E-state index in [1.54, 1.807) is 0 Å². The lowest BCUT2D eigenvalue weighted by molar-refractivity contribution is -0.153. The van der Waals surface area contributed by atoms with Crippen LogP contribution in [-0.2, 0) is 14.4 Å². The molecule has 1 rings (SSSR count). The van der Waals surface area contributed by atoms with E-state index in [0.29, 0.717) is 0 Å². The molecular weight excluding hydrogens is 176 g/mol. The Bertz CT molecular complexity index is 270. The summed E-state index contributed by atoms with van der Waals surface area (Å²) < 4.78 is 0. The largest absolute Gasteiger partial charge is 0.481 e. The van der Waals surface area contributed by atoms with Crippen LogP contribution in [0.1, 0.15) is 13.3 Å². The maximum atomic E-state index is 11.1. The highest BCUT2D eigenvalue weighted by atomic mass is 16.4. The summed E-state index contributed by atoms with van der Waals surface area (Å²) in [5.74, 6) is -5.49. The van der Waals surface area contributed by atoms with E-state index < -0.39 is 29.7 Å². The zero-order chi connectivity index (χ0) is 10.2. The topological polar surface area (TPSA) is 91.7 Å². The predicted octanol–water partition coefficient (Wildman–Crippen LogP) is -0.00310. The first-order chi connectivity index (χ1) is 5.95. The van der Waals surface area contributed by atoms with Crippen molar-refractivity contribution in [3.05, 3.63) is 0 Å². The molecule has 0 aromatic heterocycles. The average molecular weight is 186 g/mol. The maximum Gasteiger partial charge on any atom is 0.308 e. The molecule has 0 aromatic carbocycles. The van der Waals surface area contributed by atoms with E-state index in [9.17, 15) is 14.4 Å². The van der Waals surface area contributed by atoms with Crippen LogP contribution in [0.15, 0.2) is 0 Å². The molecule has 0 aliphatic heterocycles. The number of carboxylic acid groups (broad SMARTS) is 2. The average Bonchev–Trinajstić information content (AvgIpc) is 2.28. The Morgan fingerprint density at radius 3 is 2.15 bits per heavy atom. The van der Waals surface area contributed by atoms with Crippen LogP contribution < -0.4 is 0 Å². The highest BCUT2D eigenvalue weighted by Gasteiger charge is 2.47. The summed E-state index contributed by atoms with van der Waals surface area (Å²) in [7, 11) is 0. The SMILES string of the molecule is C[C@H]1C(=O)C[C@@H](C(=O)O)[C@@H]1C(=O)O. The Kier molecular flexibility index (Phi) is 2.36. The molecule has 0 bridgehead atoms. The van der Waals surface area contributed by atoms with Crippen molar-refractivity contribution in [3.8, 4) is 0 Å². The summed E-state index contributed by atoms with van der Waals surface area (Å²) in [5, 5.41) is 17.4. The summed E-state index contributed by atoms with van der Waals surface area (Å²) in [6, 6.07) is 0. The van der Waals surface area contributed by atoms with E-state index >= 15 is 0 Å². The Morgan fingerprint density at radius 1 is 1.31 bits per heavy atom. The number of Topliss-reactive ketones (excluding diaryl/α,β-unsaturated/α-hetero) is 1. The van der Waals surface area contributed by atoms with Gasteiger partial charge in [0.25, 0.3) is 0 Å². The first-order valence-electron chi connectivity index (χ1n) is 3.93. The Labute approximate surface area is 74.4 Å². The van der Waals surface area contributed by atoms with Gasteiger partial charge in [-0.15, -0.1) is 0 Å². The van der Waals surface area contributed by atoms with Crippen molar-refractivity contribution in [1.29, 1.82) is 0 Å². The van der Waals surface area contributed by atoms with Crippen molar-refractivity contribution in [2.24, 2.45) is 17.8 Å². The molecule has 0 aromatic rings. The number of hydrogen-bond acceptors (Lipinski definition) is 3. The number of carboxylic acids is 2. The van der Waals surface area contributed by atoms with Crippen molar-refractivity contribution < 1.29 is 24.6 Å². The predicted molar refractivity (Wildman–Crippen MR) is 41.0 cm³/mol. The van der Waals surface area contributed by atoms with E-state index in [1.165, 1.54) is 6.92 Å². The molecule has 1 aliphatic rings. The van der Waals surface area contributed by atoms with E-state index in [1.807, 2.05) is 0 Å². The van der Waals surface area contributed by atoms with Crippen LogP contribution in [-0.4, -0.2) is 27.9 Å². The maximum absolute atomic E-state index is 11.1. The van der Waals surface area contributed by atoms with Gasteiger partial charge in [0, 0.05) is 12.3 Å². The monoisotopic (exact) mass is 186 g/mol. The zero-order valence-electron chi connectivity index (χ0n) is 7.06. The zero-order valence-corrected chi connectivity index (χ0v) is 7.06. The van der Waals surface area contributed by atoms with Gasteiger partial charge in [-0.3, -0.25) is 14.4 Å². The van der Waals surface area contributed by atoms with Crippen LogP contribution in [0.25, 0.3) is 0 Å². The number of rotatable bonds is 2. The normalized spacial score (nSPS) is 33.3. The molecule has 5 heteroatoms. The lowest BCUT2D eigenvalue weighted by Crippen LogP contribution is -2.28. The molecule has 0 heterocycles. The Morgan fingerprint density at radius 2 is 1.85 bits per heavy atom. The van der Waals surface area contributed by atoms with Gasteiger partial charge in [-0.1, -0.05) is 6.92 Å². The quantitative estimate of drug-likeness (QED) is 0.633. The minimum absolute atomic E-state index is 0.159. The molecule has 0 unspecified atom stereocenters. The third kappa shape index (κ3) is 1.54. The van der Waals surface area contributed by atoms with Gasteiger partial charge >= 0.3 is 11.9 Å². The van der Waals surface area contributed by atoms with E-state index in [0.717, 1.165) is 0 Å². The smallest absolute Gasteiger partial charge is 0.308 e. The molecule has 0 amide bonds. The fourth-order valence-corrected chi connectivity index (χ4v) is 1.71. The standard InChI is InChI=1S/C8H10O5/c1-3-5(9)2-4(7(10)11)6(3)8(12)13/h3-4,6H,2H2,1H3,(H,10,11)(H,12,13)/t3-,4+,6+/m0/s1. The summed E-state index contributed by atoms with van der Waals surface area (Å²) in [6.07, 6.45) is -0.159. The third-order valence-corrected chi connectivity index (χ3v) is 2.50. The van der Waals surface area contributed by atoms with Gasteiger partial charge in [-0.25, -0.2) is 0 Å². The lowest BCUT2D eigenvalue weighted by Gasteiger charge is -2.12. The number of ketones is 1. The molecule has 1 fully saturated rings. The number of carbonyl (C=O) groups is 3. The Balaban J connectivity index is 2.93. The highest BCUT2D eigenvalue weighted by Crippen LogP contribution is 2.34. The first-order valence-corrected chi connectivity index (χ1v) is 3.93. The van der Waals surface area contributed by atoms with Crippen LogP contribution in [0.5, 0.6) is 0 Å². The fraction of sp³-hybridized carbons (Fsp3) is 0.625. The number of aliphatic carboxylic acids is 2. The van der Waals surface area contributed by atoms with Crippen LogP contribution in [0.4, 0.5) is 0 Å². The van der Waals surface area contributed by atoms with Crippen molar-refractivity contribution in [3.63, 3.8) is 0 Å². The molecule has 1 aliphatic carbocycles. The fourth-order valence-electron chi connectivity index (χ4n) is 1.71. The highest BCUT2D eigenvalue weighted by molar-refractivity contribution is 5.95. The third-order valence-electron chi connectivity index (χ3n) is 2.50. The van der Waals surface area contributed by atoms with Gasteiger partial charge in [-0.2, -0.15) is 0 Å². The van der Waals surface area contributed by atoms with Crippen molar-refractivity contribution in [2.45, 2.75) is 13.3 Å². The van der Waals surface area contributed by atoms with Crippen molar-refractivity contribution in [1.82, 2.24) is 0 Å².